The molecule has 0 aliphatic heterocycles. The van der Waals surface area contributed by atoms with Crippen LogP contribution in [0.2, 0.25) is 0 Å². The second-order valence-corrected chi connectivity index (χ2v) is 4.81. The molecule has 1 aromatic carbocycles. The van der Waals surface area contributed by atoms with Gasteiger partial charge in [-0.25, -0.2) is 0 Å². The quantitative estimate of drug-likeness (QED) is 0.624. The van der Waals surface area contributed by atoms with Crippen LogP contribution in [0.3, 0.4) is 0 Å². The van der Waals surface area contributed by atoms with Crippen LogP contribution in [0.5, 0.6) is 0 Å². The number of carbonyl (C=O) groups excluding carboxylic acids is 1. The number of benzene rings is 1. The Bertz CT molecular complexity index is 527. The van der Waals surface area contributed by atoms with Crippen LogP contribution in [-0.4, -0.2) is 28.5 Å². The Morgan fingerprint density at radius 2 is 2.06 bits per heavy atom. The Labute approximate surface area is 109 Å². The van der Waals surface area contributed by atoms with Gasteiger partial charge in [0.2, 0.25) is 5.89 Å². The van der Waals surface area contributed by atoms with E-state index in [0.717, 1.165) is 5.56 Å². The van der Waals surface area contributed by atoms with Crippen LogP contribution in [0.15, 0.2) is 40.0 Å². The van der Waals surface area contributed by atoms with Gasteiger partial charge in [0.25, 0.3) is 5.22 Å². The van der Waals surface area contributed by atoms with Crippen molar-refractivity contribution in [2.75, 3.05) is 7.11 Å². The SMILES string of the molecule is COC(=O)C(C)Sc1nnc(-c2ccccc2)o1. The lowest BCUT2D eigenvalue weighted by atomic mass is 10.2. The number of ether oxygens (including phenoxy) is 1. The molecule has 1 aromatic heterocycles. The van der Waals surface area contributed by atoms with Gasteiger partial charge in [-0.2, -0.15) is 0 Å². The molecule has 5 nitrogen and oxygen atoms in total. The number of hydrogen-bond donors (Lipinski definition) is 0. The Balaban J connectivity index is 2.09. The van der Waals surface area contributed by atoms with Crippen LogP contribution in [0, 0.1) is 0 Å². The Kier molecular flexibility index (Phi) is 3.99. The van der Waals surface area contributed by atoms with E-state index in [-0.39, 0.29) is 11.2 Å². The van der Waals surface area contributed by atoms with Crippen molar-refractivity contribution in [3.63, 3.8) is 0 Å². The summed E-state index contributed by atoms with van der Waals surface area (Å²) in [6.07, 6.45) is 0. The van der Waals surface area contributed by atoms with Crippen LogP contribution < -0.4 is 0 Å². The van der Waals surface area contributed by atoms with Gasteiger partial charge in [0.1, 0.15) is 5.25 Å². The monoisotopic (exact) mass is 264 g/mol. The highest BCUT2D eigenvalue weighted by molar-refractivity contribution is 8.00. The molecule has 0 bridgehead atoms. The molecule has 6 heteroatoms. The van der Waals surface area contributed by atoms with Crippen LogP contribution in [-0.2, 0) is 9.53 Å². The van der Waals surface area contributed by atoms with Crippen LogP contribution in [0.4, 0.5) is 0 Å². The molecule has 0 saturated heterocycles. The van der Waals surface area contributed by atoms with Crippen molar-refractivity contribution in [2.24, 2.45) is 0 Å². The molecule has 0 N–H and O–H groups in total. The molecular formula is C12H12N2O3S. The summed E-state index contributed by atoms with van der Waals surface area (Å²) in [5, 5.41) is 7.80. The molecule has 0 radical (unpaired) electrons. The molecule has 18 heavy (non-hydrogen) atoms. The van der Waals surface area contributed by atoms with Gasteiger partial charge in [-0.15, -0.1) is 10.2 Å². The maximum Gasteiger partial charge on any atom is 0.319 e. The highest BCUT2D eigenvalue weighted by Crippen LogP contribution is 2.26. The Morgan fingerprint density at radius 1 is 1.33 bits per heavy atom. The molecule has 1 heterocycles. The van der Waals surface area contributed by atoms with E-state index in [2.05, 4.69) is 14.9 Å². The van der Waals surface area contributed by atoms with Crippen LogP contribution in [0.25, 0.3) is 11.5 Å². The fraction of sp³-hybridized carbons (Fsp3) is 0.250. The summed E-state index contributed by atoms with van der Waals surface area (Å²) in [5.41, 5.74) is 0.850. The summed E-state index contributed by atoms with van der Waals surface area (Å²) >= 11 is 1.18. The number of hydrogen-bond acceptors (Lipinski definition) is 6. The zero-order valence-corrected chi connectivity index (χ0v) is 10.8. The average Bonchev–Trinajstić information content (AvgIpc) is 2.87. The van der Waals surface area contributed by atoms with Gasteiger partial charge in [0.15, 0.2) is 0 Å². The first-order chi connectivity index (χ1) is 8.70. The third-order valence-electron chi connectivity index (χ3n) is 2.24. The summed E-state index contributed by atoms with van der Waals surface area (Å²) < 4.78 is 10.1. The lowest BCUT2D eigenvalue weighted by Crippen LogP contribution is -2.14. The molecule has 1 unspecified atom stereocenters. The zero-order valence-electron chi connectivity index (χ0n) is 9.99. The Morgan fingerprint density at radius 3 is 2.72 bits per heavy atom. The first kappa shape index (κ1) is 12.6. The van der Waals surface area contributed by atoms with E-state index in [9.17, 15) is 4.79 Å². The smallest absolute Gasteiger partial charge is 0.319 e. The number of thioether (sulfide) groups is 1. The minimum absolute atomic E-state index is 0.320. The molecule has 1 atom stereocenters. The number of nitrogens with zero attached hydrogens (tertiary/aromatic N) is 2. The molecule has 0 aliphatic carbocycles. The first-order valence-corrected chi connectivity index (χ1v) is 6.22. The second-order valence-electron chi connectivity index (χ2n) is 3.52. The van der Waals surface area contributed by atoms with Gasteiger partial charge >= 0.3 is 5.97 Å². The van der Waals surface area contributed by atoms with Gasteiger partial charge in [-0.3, -0.25) is 4.79 Å². The summed E-state index contributed by atoms with van der Waals surface area (Å²) in [7, 11) is 1.35. The molecule has 0 aliphatic rings. The minimum Gasteiger partial charge on any atom is -0.468 e. The average molecular weight is 264 g/mol. The maximum atomic E-state index is 11.3. The number of methoxy groups -OCH3 is 1. The highest BCUT2D eigenvalue weighted by atomic mass is 32.2. The van der Waals surface area contributed by atoms with Crippen molar-refractivity contribution < 1.29 is 13.9 Å². The molecule has 0 spiro atoms. The molecular weight excluding hydrogens is 252 g/mol. The molecule has 94 valence electrons. The summed E-state index contributed by atoms with van der Waals surface area (Å²) in [5.74, 6) is 0.120. The topological polar surface area (TPSA) is 65.2 Å². The van der Waals surface area contributed by atoms with E-state index in [0.29, 0.717) is 11.1 Å². The molecule has 0 saturated carbocycles. The number of carbonyl (C=O) groups is 1. The molecule has 2 aromatic rings. The lowest BCUT2D eigenvalue weighted by molar-refractivity contribution is -0.139. The van der Waals surface area contributed by atoms with Crippen LogP contribution >= 0.6 is 11.8 Å². The van der Waals surface area contributed by atoms with Crippen molar-refractivity contribution in [2.45, 2.75) is 17.4 Å². The summed E-state index contributed by atoms with van der Waals surface area (Å²) in [4.78, 5) is 11.3. The largest absolute Gasteiger partial charge is 0.468 e. The number of esters is 1. The van der Waals surface area contributed by atoms with Crippen molar-refractivity contribution >= 4 is 17.7 Å². The van der Waals surface area contributed by atoms with E-state index < -0.39 is 0 Å². The highest BCUT2D eigenvalue weighted by Gasteiger charge is 2.18. The maximum absolute atomic E-state index is 11.3. The van der Waals surface area contributed by atoms with Gasteiger partial charge in [-0.05, 0) is 19.1 Å². The van der Waals surface area contributed by atoms with Gasteiger partial charge in [-0.1, -0.05) is 30.0 Å². The predicted octanol–water partition coefficient (Wildman–Crippen LogP) is 2.39. The lowest BCUT2D eigenvalue weighted by Gasteiger charge is -2.04. The normalized spacial score (nSPS) is 12.1. The first-order valence-electron chi connectivity index (χ1n) is 5.34. The summed E-state index contributed by atoms with van der Waals surface area (Å²) in [6, 6.07) is 9.46. The van der Waals surface area contributed by atoms with Crippen molar-refractivity contribution in [1.29, 1.82) is 0 Å². The van der Waals surface area contributed by atoms with Crippen molar-refractivity contribution in [3.8, 4) is 11.5 Å². The van der Waals surface area contributed by atoms with Crippen LogP contribution in [0.1, 0.15) is 6.92 Å². The summed E-state index contributed by atoms with van der Waals surface area (Å²) in [6.45, 7) is 1.73. The van der Waals surface area contributed by atoms with Crippen molar-refractivity contribution in [1.82, 2.24) is 10.2 Å². The second kappa shape index (κ2) is 5.68. The van der Waals surface area contributed by atoms with E-state index >= 15 is 0 Å². The van der Waals surface area contributed by atoms with E-state index in [1.165, 1.54) is 18.9 Å². The third kappa shape index (κ3) is 2.89. The van der Waals surface area contributed by atoms with E-state index in [1.807, 2.05) is 30.3 Å². The molecule has 0 fully saturated rings. The van der Waals surface area contributed by atoms with Gasteiger partial charge in [0.05, 0.1) is 7.11 Å². The molecule has 2 rings (SSSR count). The minimum atomic E-state index is -0.376. The zero-order chi connectivity index (χ0) is 13.0. The third-order valence-corrected chi connectivity index (χ3v) is 3.15. The van der Waals surface area contributed by atoms with Gasteiger partial charge in [0, 0.05) is 5.56 Å². The van der Waals surface area contributed by atoms with E-state index in [4.69, 9.17) is 4.42 Å². The molecule has 0 amide bonds. The van der Waals surface area contributed by atoms with Gasteiger partial charge < -0.3 is 9.15 Å². The Hall–Kier alpha value is -1.82. The van der Waals surface area contributed by atoms with E-state index in [1.54, 1.807) is 6.92 Å². The number of rotatable bonds is 4. The fourth-order valence-corrected chi connectivity index (χ4v) is 2.03. The number of aromatic nitrogens is 2. The fourth-order valence-electron chi connectivity index (χ4n) is 1.32. The standard InChI is InChI=1S/C12H12N2O3S/c1-8(11(15)16-2)18-12-14-13-10(17-12)9-6-4-3-5-7-9/h3-8H,1-2H3. The van der Waals surface area contributed by atoms with Crippen molar-refractivity contribution in [3.05, 3.63) is 30.3 Å². The predicted molar refractivity (Wildman–Crippen MR) is 67.1 cm³/mol.